The lowest BCUT2D eigenvalue weighted by Crippen LogP contribution is -2.49. The highest BCUT2D eigenvalue weighted by Crippen LogP contribution is 2.28. The van der Waals surface area contributed by atoms with Gasteiger partial charge >= 0.3 is 12.3 Å². The van der Waals surface area contributed by atoms with Gasteiger partial charge in [0.1, 0.15) is 5.60 Å². The van der Waals surface area contributed by atoms with Crippen LogP contribution in [0.1, 0.15) is 50.1 Å². The third-order valence-electron chi connectivity index (χ3n) is 3.20. The molecule has 0 aromatic carbocycles. The van der Waals surface area contributed by atoms with Crippen molar-refractivity contribution in [3.8, 4) is 0 Å². The number of anilines is 1. The van der Waals surface area contributed by atoms with E-state index < -0.39 is 67.7 Å². The van der Waals surface area contributed by atoms with E-state index in [9.17, 15) is 22.8 Å². The number of aromatic nitrogens is 2. The molecule has 1 aliphatic heterocycles. The molecule has 1 saturated heterocycles. The second-order valence-corrected chi connectivity index (χ2v) is 6.81. The Kier molecular flexibility index (Phi) is 4.35. The fourth-order valence-corrected chi connectivity index (χ4v) is 1.92. The molecule has 1 N–H and O–H groups in total. The van der Waals surface area contributed by atoms with Crippen LogP contribution in [-0.4, -0.2) is 65.0 Å². The highest BCUT2D eigenvalue weighted by molar-refractivity contribution is 5.76. The van der Waals surface area contributed by atoms with E-state index in [1.54, 1.807) is 20.8 Å². The van der Waals surface area contributed by atoms with Gasteiger partial charge in [0.25, 0.3) is 0 Å². The first-order valence-electron chi connectivity index (χ1n) is 12.5. The van der Waals surface area contributed by atoms with Crippen LogP contribution < -0.4 is 10.2 Å². The van der Waals surface area contributed by atoms with Gasteiger partial charge in [-0.25, -0.2) is 14.8 Å². The van der Waals surface area contributed by atoms with Crippen molar-refractivity contribution in [1.82, 2.24) is 20.2 Å². The predicted octanol–water partition coefficient (Wildman–Crippen LogP) is 2.45. The van der Waals surface area contributed by atoms with Crippen LogP contribution in [0.4, 0.5) is 23.9 Å². The Bertz CT molecular complexity index is 991. The first-order valence-corrected chi connectivity index (χ1v) is 8.47. The van der Waals surface area contributed by atoms with Crippen molar-refractivity contribution in [3.05, 3.63) is 18.0 Å². The van der Waals surface area contributed by atoms with Crippen LogP contribution in [0.5, 0.6) is 0 Å². The zero-order valence-corrected chi connectivity index (χ0v) is 15.9. The number of alkyl halides is 3. The van der Waals surface area contributed by atoms with Crippen molar-refractivity contribution in [2.45, 2.75) is 45.4 Å². The van der Waals surface area contributed by atoms with Gasteiger partial charge in [-0.1, -0.05) is 0 Å². The van der Waals surface area contributed by atoms with Crippen molar-refractivity contribution in [2.75, 3.05) is 37.4 Å². The molecule has 0 unspecified atom stereocenters. The third-order valence-corrected chi connectivity index (χ3v) is 3.20. The number of hydrogen-bond donors (Lipinski definition) is 1. The van der Waals surface area contributed by atoms with Gasteiger partial charge in [-0.2, -0.15) is 13.2 Å². The molecule has 1 aromatic rings. The number of nitrogens with zero attached hydrogens (tertiary/aromatic N) is 4. The number of hydrogen-bond acceptors (Lipinski definition) is 6. The second kappa shape index (κ2) is 9.27. The third kappa shape index (κ3) is 7.39. The summed E-state index contributed by atoms with van der Waals surface area (Å²) in [5, 5.41) is 2.34. The number of halogens is 3. The minimum Gasteiger partial charge on any atom is -0.444 e. The first-order chi connectivity index (χ1) is 16.5. The van der Waals surface area contributed by atoms with E-state index in [1.165, 1.54) is 0 Å². The van der Waals surface area contributed by atoms with Gasteiger partial charge in [0.2, 0.25) is 11.9 Å². The van der Waals surface area contributed by atoms with E-state index in [2.05, 4.69) is 15.3 Å². The summed E-state index contributed by atoms with van der Waals surface area (Å²) in [6.45, 7) is -9.48. The first kappa shape index (κ1) is 13.6. The number of carbonyl (C=O) groups is 2. The summed E-state index contributed by atoms with van der Waals surface area (Å²) in [4.78, 5) is 30.8. The van der Waals surface area contributed by atoms with Crippen LogP contribution >= 0.6 is 0 Å². The SMILES string of the molecule is [2H]C1([2H])N(C(=O)CCCNC(=O)OC(C)(C)C)C([2H])([2H])C([2H])([2H])N(c2ncc(C(F)(F)F)cn2)C1([2H])[2H]. The highest BCUT2D eigenvalue weighted by Gasteiger charge is 2.32. The van der Waals surface area contributed by atoms with Crippen molar-refractivity contribution in [3.63, 3.8) is 0 Å². The van der Waals surface area contributed by atoms with E-state index in [-0.39, 0.29) is 35.2 Å². The molecule has 2 rings (SSSR count). The Balaban J connectivity index is 2.33. The summed E-state index contributed by atoms with van der Waals surface area (Å²) in [5.41, 5.74) is -2.14. The van der Waals surface area contributed by atoms with Gasteiger partial charge < -0.3 is 19.9 Å². The monoisotopic (exact) mass is 425 g/mol. The maximum absolute atomic E-state index is 12.9. The zero-order chi connectivity index (χ0) is 28.8. The van der Waals surface area contributed by atoms with Crippen LogP contribution in [0.25, 0.3) is 0 Å². The molecule has 2 amide bonds. The molecule has 1 fully saturated rings. The number of ether oxygens (including phenoxy) is 1. The van der Waals surface area contributed by atoms with Gasteiger partial charge in [0.15, 0.2) is 0 Å². The van der Waals surface area contributed by atoms with Crippen molar-refractivity contribution in [2.24, 2.45) is 0 Å². The number of alkyl carbamates (subject to hydrolysis) is 1. The van der Waals surface area contributed by atoms with Gasteiger partial charge in [-0.05, 0) is 27.2 Å². The predicted molar refractivity (Wildman–Crippen MR) is 99.3 cm³/mol. The maximum atomic E-state index is 12.9. The molecule has 0 atom stereocenters. The normalized spacial score (nSPS) is 26.3. The molecule has 0 bridgehead atoms. The van der Waals surface area contributed by atoms with E-state index in [0.717, 1.165) is 0 Å². The van der Waals surface area contributed by atoms with Crippen LogP contribution in [0.2, 0.25) is 0 Å². The molecule has 162 valence electrons. The number of nitrogens with one attached hydrogen (secondary N) is 1. The molecular formula is C18H26F3N5O3. The fraction of sp³-hybridized carbons (Fsp3) is 0.667. The minimum absolute atomic E-state index is 0.147. The van der Waals surface area contributed by atoms with Crippen molar-refractivity contribution < 1.29 is 38.5 Å². The summed E-state index contributed by atoms with van der Waals surface area (Å²) >= 11 is 0. The average molecular weight is 425 g/mol. The second-order valence-electron chi connectivity index (χ2n) is 6.81. The lowest BCUT2D eigenvalue weighted by atomic mass is 10.2. The Morgan fingerprint density at radius 1 is 1.17 bits per heavy atom. The summed E-state index contributed by atoms with van der Waals surface area (Å²) in [7, 11) is 0. The molecule has 11 heteroatoms. The van der Waals surface area contributed by atoms with Crippen molar-refractivity contribution >= 4 is 17.9 Å². The molecule has 1 aromatic heterocycles. The molecule has 0 saturated carbocycles. The molecule has 0 radical (unpaired) electrons. The van der Waals surface area contributed by atoms with Gasteiger partial charge in [-0.15, -0.1) is 0 Å². The van der Waals surface area contributed by atoms with Gasteiger partial charge in [-0.3, -0.25) is 4.79 Å². The lowest BCUT2D eigenvalue weighted by molar-refractivity contribution is -0.138. The maximum Gasteiger partial charge on any atom is 0.419 e. The largest absolute Gasteiger partial charge is 0.444 e. The Morgan fingerprint density at radius 3 is 2.28 bits per heavy atom. The number of piperazine rings is 1. The summed E-state index contributed by atoms with van der Waals surface area (Å²) in [6.07, 6.45) is -6.01. The van der Waals surface area contributed by atoms with Crippen LogP contribution in [0.3, 0.4) is 0 Å². The molecule has 29 heavy (non-hydrogen) atoms. The topological polar surface area (TPSA) is 87.7 Å². The van der Waals surface area contributed by atoms with Crippen molar-refractivity contribution in [1.29, 1.82) is 0 Å². The Labute approximate surface area is 178 Å². The zero-order valence-electron chi connectivity index (χ0n) is 23.9. The van der Waals surface area contributed by atoms with E-state index >= 15 is 0 Å². The van der Waals surface area contributed by atoms with E-state index in [1.807, 2.05) is 0 Å². The number of carbonyl (C=O) groups excluding carboxylic acids is 2. The number of amides is 2. The van der Waals surface area contributed by atoms with Crippen LogP contribution in [0, 0.1) is 0 Å². The van der Waals surface area contributed by atoms with Gasteiger partial charge in [0.05, 0.1) is 16.5 Å². The Hall–Kier alpha value is -2.59. The number of rotatable bonds is 5. The fourth-order valence-electron chi connectivity index (χ4n) is 1.92. The van der Waals surface area contributed by atoms with E-state index in [4.69, 9.17) is 15.7 Å². The van der Waals surface area contributed by atoms with E-state index in [0.29, 0.717) is 0 Å². The molecule has 0 aliphatic carbocycles. The van der Waals surface area contributed by atoms with Crippen LogP contribution in [0.15, 0.2) is 12.4 Å². The van der Waals surface area contributed by atoms with Gasteiger partial charge in [0, 0.05) is 51.3 Å². The lowest BCUT2D eigenvalue weighted by Gasteiger charge is -2.34. The highest BCUT2D eigenvalue weighted by atomic mass is 19.4. The summed E-state index contributed by atoms with van der Waals surface area (Å²) in [5.74, 6) is -2.38. The molecule has 8 nitrogen and oxygen atoms in total. The average Bonchev–Trinajstić information content (AvgIpc) is 2.68. The smallest absolute Gasteiger partial charge is 0.419 e. The molecular weight excluding hydrogens is 391 g/mol. The molecule has 1 aliphatic rings. The van der Waals surface area contributed by atoms with Crippen LogP contribution in [-0.2, 0) is 15.7 Å². The quantitative estimate of drug-likeness (QED) is 0.730. The summed E-state index contributed by atoms with van der Waals surface area (Å²) in [6, 6.07) is 0. The minimum atomic E-state index is -4.87. The Morgan fingerprint density at radius 2 is 1.76 bits per heavy atom. The molecule has 0 spiro atoms. The molecule has 2 heterocycles. The standard InChI is InChI=1S/C18H26F3N5O3/c1-17(2,3)29-16(28)22-6-4-5-14(27)25-7-9-26(10-8-25)15-23-11-13(12-24-15)18(19,20)21/h11-12H,4-10H2,1-3H3,(H,22,28)/i7D2,8D2,9D2,10D2. The summed E-state index contributed by atoms with van der Waals surface area (Å²) < 4.78 is 110.